The monoisotopic (exact) mass is 280 g/mol. The summed E-state index contributed by atoms with van der Waals surface area (Å²) in [4.78, 5) is 15.6. The van der Waals surface area contributed by atoms with E-state index in [9.17, 15) is 4.79 Å². The Labute approximate surface area is 118 Å². The summed E-state index contributed by atoms with van der Waals surface area (Å²) in [6.45, 7) is 5.48. The van der Waals surface area contributed by atoms with Crippen LogP contribution < -0.4 is 9.64 Å². The molecule has 0 bridgehead atoms. The zero-order chi connectivity index (χ0) is 14.4. The largest absolute Gasteiger partial charge is 0.477 e. The van der Waals surface area contributed by atoms with E-state index in [1.54, 1.807) is 0 Å². The standard InChI is InChI=1S/C13H20N4O3/c1-3-20-12-5-4-11(14-15-12)16-6-8-17(9-7-16)13(18)10-19-2/h4-5H,3,6-10H2,1-2H3. The Hall–Kier alpha value is -1.89. The average Bonchev–Trinajstić information content (AvgIpc) is 2.49. The number of ether oxygens (including phenoxy) is 2. The van der Waals surface area contributed by atoms with Gasteiger partial charge in [-0.15, -0.1) is 10.2 Å². The van der Waals surface area contributed by atoms with Crippen LogP contribution >= 0.6 is 0 Å². The summed E-state index contributed by atoms with van der Waals surface area (Å²) >= 11 is 0. The van der Waals surface area contributed by atoms with Crippen molar-refractivity contribution < 1.29 is 14.3 Å². The second kappa shape index (κ2) is 7.04. The third kappa shape index (κ3) is 3.57. The number of anilines is 1. The normalized spacial score (nSPS) is 15.3. The first kappa shape index (κ1) is 14.5. The molecule has 1 saturated heterocycles. The second-order valence-electron chi connectivity index (χ2n) is 4.46. The lowest BCUT2D eigenvalue weighted by Crippen LogP contribution is -2.50. The minimum Gasteiger partial charge on any atom is -0.477 e. The molecular formula is C13H20N4O3. The van der Waals surface area contributed by atoms with E-state index in [0.717, 1.165) is 18.9 Å². The lowest BCUT2D eigenvalue weighted by atomic mass is 10.3. The molecule has 7 nitrogen and oxygen atoms in total. The van der Waals surface area contributed by atoms with Gasteiger partial charge in [0.2, 0.25) is 11.8 Å². The summed E-state index contributed by atoms with van der Waals surface area (Å²) < 4.78 is 10.1. The fourth-order valence-electron chi connectivity index (χ4n) is 2.11. The fraction of sp³-hybridized carbons (Fsp3) is 0.615. The molecule has 0 aliphatic carbocycles. The van der Waals surface area contributed by atoms with Crippen molar-refractivity contribution >= 4 is 11.7 Å². The summed E-state index contributed by atoms with van der Waals surface area (Å²) in [5.41, 5.74) is 0. The quantitative estimate of drug-likeness (QED) is 0.766. The number of aromatic nitrogens is 2. The molecule has 1 aliphatic heterocycles. The van der Waals surface area contributed by atoms with E-state index >= 15 is 0 Å². The van der Waals surface area contributed by atoms with Gasteiger partial charge in [-0.2, -0.15) is 0 Å². The molecule has 1 fully saturated rings. The maximum Gasteiger partial charge on any atom is 0.248 e. The average molecular weight is 280 g/mol. The van der Waals surface area contributed by atoms with Crippen molar-refractivity contribution in [3.63, 3.8) is 0 Å². The van der Waals surface area contributed by atoms with Crippen LogP contribution in [0.3, 0.4) is 0 Å². The van der Waals surface area contributed by atoms with Crippen LogP contribution in [0.25, 0.3) is 0 Å². The summed E-state index contributed by atoms with van der Waals surface area (Å²) in [6, 6.07) is 3.71. The molecule has 7 heteroatoms. The number of amides is 1. The van der Waals surface area contributed by atoms with Crippen molar-refractivity contribution in [1.29, 1.82) is 0 Å². The van der Waals surface area contributed by atoms with Crippen molar-refractivity contribution in [3.05, 3.63) is 12.1 Å². The van der Waals surface area contributed by atoms with Crippen LogP contribution in [0.15, 0.2) is 12.1 Å². The SMILES string of the molecule is CCOc1ccc(N2CCN(C(=O)COC)CC2)nn1. The van der Waals surface area contributed by atoms with E-state index in [4.69, 9.17) is 9.47 Å². The van der Waals surface area contributed by atoms with Crippen LogP contribution in [0.4, 0.5) is 5.82 Å². The Morgan fingerprint density at radius 2 is 2.00 bits per heavy atom. The molecule has 2 rings (SSSR count). The van der Waals surface area contributed by atoms with E-state index in [1.807, 2.05) is 24.0 Å². The summed E-state index contributed by atoms with van der Waals surface area (Å²) in [5, 5.41) is 8.16. The number of nitrogens with zero attached hydrogens (tertiary/aromatic N) is 4. The Morgan fingerprint density at radius 3 is 2.55 bits per heavy atom. The van der Waals surface area contributed by atoms with E-state index in [0.29, 0.717) is 25.6 Å². The highest BCUT2D eigenvalue weighted by atomic mass is 16.5. The summed E-state index contributed by atoms with van der Waals surface area (Å²) in [5.74, 6) is 1.38. The smallest absolute Gasteiger partial charge is 0.248 e. The van der Waals surface area contributed by atoms with Gasteiger partial charge in [0.25, 0.3) is 0 Å². The van der Waals surface area contributed by atoms with Crippen LogP contribution in [-0.4, -0.2) is 67.5 Å². The van der Waals surface area contributed by atoms with Crippen LogP contribution in [0, 0.1) is 0 Å². The van der Waals surface area contributed by atoms with E-state index in [1.165, 1.54) is 7.11 Å². The molecule has 1 aliphatic rings. The number of carbonyl (C=O) groups is 1. The molecule has 0 radical (unpaired) electrons. The maximum absolute atomic E-state index is 11.7. The third-order valence-corrected chi connectivity index (χ3v) is 3.14. The van der Waals surface area contributed by atoms with Gasteiger partial charge in [0, 0.05) is 39.4 Å². The van der Waals surface area contributed by atoms with Gasteiger partial charge in [0.15, 0.2) is 5.82 Å². The number of hydrogen-bond donors (Lipinski definition) is 0. The molecule has 1 aromatic rings. The van der Waals surface area contributed by atoms with Gasteiger partial charge < -0.3 is 19.3 Å². The lowest BCUT2D eigenvalue weighted by Gasteiger charge is -2.35. The predicted octanol–water partition coefficient (Wildman–Crippen LogP) is 0.170. The first-order valence-electron chi connectivity index (χ1n) is 6.72. The number of piperazine rings is 1. The topological polar surface area (TPSA) is 67.8 Å². The lowest BCUT2D eigenvalue weighted by molar-refractivity contribution is -0.135. The van der Waals surface area contributed by atoms with Gasteiger partial charge in [0.05, 0.1) is 6.61 Å². The highest BCUT2D eigenvalue weighted by molar-refractivity contribution is 5.77. The Balaban J connectivity index is 1.88. The van der Waals surface area contributed by atoms with Crippen LogP contribution in [0.2, 0.25) is 0 Å². The Bertz CT molecular complexity index is 430. The summed E-state index contributed by atoms with van der Waals surface area (Å²) in [6.07, 6.45) is 0. The van der Waals surface area contributed by atoms with Gasteiger partial charge in [-0.3, -0.25) is 4.79 Å². The van der Waals surface area contributed by atoms with Crippen molar-refractivity contribution in [2.75, 3.05) is 51.4 Å². The van der Waals surface area contributed by atoms with Crippen molar-refractivity contribution in [2.45, 2.75) is 6.92 Å². The zero-order valence-electron chi connectivity index (χ0n) is 11.9. The molecule has 0 aromatic carbocycles. The number of rotatable bonds is 5. The van der Waals surface area contributed by atoms with Crippen LogP contribution in [0.1, 0.15) is 6.92 Å². The molecule has 0 spiro atoms. The minimum absolute atomic E-state index is 0.0323. The van der Waals surface area contributed by atoms with Gasteiger partial charge in [-0.05, 0) is 13.0 Å². The van der Waals surface area contributed by atoms with Gasteiger partial charge in [-0.1, -0.05) is 0 Å². The first-order chi connectivity index (χ1) is 9.74. The molecule has 1 aromatic heterocycles. The highest BCUT2D eigenvalue weighted by Gasteiger charge is 2.21. The fourth-order valence-corrected chi connectivity index (χ4v) is 2.11. The number of carbonyl (C=O) groups excluding carboxylic acids is 1. The molecule has 20 heavy (non-hydrogen) atoms. The molecule has 1 amide bonds. The van der Waals surface area contributed by atoms with Crippen molar-refractivity contribution in [3.8, 4) is 5.88 Å². The van der Waals surface area contributed by atoms with E-state index in [2.05, 4.69) is 15.1 Å². The molecule has 0 N–H and O–H groups in total. The Kier molecular flexibility index (Phi) is 5.11. The van der Waals surface area contributed by atoms with Gasteiger partial charge in [0.1, 0.15) is 6.61 Å². The van der Waals surface area contributed by atoms with E-state index < -0.39 is 0 Å². The minimum atomic E-state index is 0.0323. The molecule has 0 atom stereocenters. The Morgan fingerprint density at radius 1 is 1.25 bits per heavy atom. The zero-order valence-corrected chi connectivity index (χ0v) is 11.9. The van der Waals surface area contributed by atoms with Crippen molar-refractivity contribution in [1.82, 2.24) is 15.1 Å². The van der Waals surface area contributed by atoms with Gasteiger partial charge in [-0.25, -0.2) is 0 Å². The third-order valence-electron chi connectivity index (χ3n) is 3.14. The highest BCUT2D eigenvalue weighted by Crippen LogP contribution is 2.15. The van der Waals surface area contributed by atoms with Crippen LogP contribution in [-0.2, 0) is 9.53 Å². The summed E-state index contributed by atoms with van der Waals surface area (Å²) in [7, 11) is 1.53. The molecule has 0 unspecified atom stereocenters. The van der Waals surface area contributed by atoms with Crippen molar-refractivity contribution in [2.24, 2.45) is 0 Å². The molecule has 2 heterocycles. The predicted molar refractivity (Wildman–Crippen MR) is 73.9 cm³/mol. The number of methoxy groups -OCH3 is 1. The van der Waals surface area contributed by atoms with E-state index in [-0.39, 0.29) is 12.5 Å². The van der Waals surface area contributed by atoms with Crippen LogP contribution in [0.5, 0.6) is 5.88 Å². The molecule has 0 saturated carbocycles. The first-order valence-corrected chi connectivity index (χ1v) is 6.72. The maximum atomic E-state index is 11.7. The second-order valence-corrected chi connectivity index (χ2v) is 4.46. The number of hydrogen-bond acceptors (Lipinski definition) is 6. The molecular weight excluding hydrogens is 260 g/mol. The van der Waals surface area contributed by atoms with Gasteiger partial charge >= 0.3 is 0 Å². The molecule has 110 valence electrons.